The highest BCUT2D eigenvalue weighted by molar-refractivity contribution is 7.99. The van der Waals surface area contributed by atoms with Gasteiger partial charge in [-0.2, -0.15) is 22.3 Å². The van der Waals surface area contributed by atoms with E-state index in [-0.39, 0.29) is 5.60 Å². The summed E-state index contributed by atoms with van der Waals surface area (Å²) in [6.07, 6.45) is 3.13. The molecule has 0 amide bonds. The van der Waals surface area contributed by atoms with Crippen LogP contribution in [0.1, 0.15) is 30.4 Å². The van der Waals surface area contributed by atoms with Gasteiger partial charge in [-0.3, -0.25) is 0 Å². The number of nitrogens with one attached hydrogen (secondary N) is 1. The average molecular weight is 299 g/mol. The highest BCUT2D eigenvalue weighted by Gasteiger charge is 2.40. The van der Waals surface area contributed by atoms with Crippen LogP contribution in [-0.4, -0.2) is 29.8 Å². The van der Waals surface area contributed by atoms with Gasteiger partial charge in [0.15, 0.2) is 0 Å². The summed E-state index contributed by atoms with van der Waals surface area (Å²) in [5, 5.41) is 21.6. The third kappa shape index (κ3) is 3.00. The molecule has 2 heterocycles. The number of nitriles is 2. The normalized spacial score (nSPS) is 28.0. The highest BCUT2D eigenvalue weighted by Crippen LogP contribution is 2.39. The highest BCUT2D eigenvalue weighted by atomic mass is 32.2. The number of thioether (sulfide) groups is 1. The van der Waals surface area contributed by atoms with Gasteiger partial charge in [-0.15, -0.1) is 0 Å². The van der Waals surface area contributed by atoms with Gasteiger partial charge < -0.3 is 10.1 Å². The maximum atomic E-state index is 9.10. The van der Waals surface area contributed by atoms with Gasteiger partial charge in [-0.25, -0.2) is 0 Å². The van der Waals surface area contributed by atoms with Crippen molar-refractivity contribution in [3.8, 4) is 12.1 Å². The second-order valence-electron chi connectivity index (χ2n) is 5.65. The summed E-state index contributed by atoms with van der Waals surface area (Å²) in [5.41, 5.74) is 1.82. The first kappa shape index (κ1) is 14.3. The molecule has 2 fully saturated rings. The molecule has 0 bridgehead atoms. The molecule has 1 N–H and O–H groups in total. The number of hydrogen-bond acceptors (Lipinski definition) is 5. The van der Waals surface area contributed by atoms with E-state index in [4.69, 9.17) is 15.3 Å². The van der Waals surface area contributed by atoms with Crippen molar-refractivity contribution in [2.75, 3.05) is 23.4 Å². The van der Waals surface area contributed by atoms with E-state index in [0.717, 1.165) is 37.3 Å². The fourth-order valence-electron chi connectivity index (χ4n) is 3.07. The number of nitrogens with zero attached hydrogens (tertiary/aromatic N) is 2. The van der Waals surface area contributed by atoms with E-state index in [2.05, 4.69) is 11.4 Å². The molecule has 21 heavy (non-hydrogen) atoms. The van der Waals surface area contributed by atoms with Crippen molar-refractivity contribution in [3.05, 3.63) is 29.3 Å². The van der Waals surface area contributed by atoms with Gasteiger partial charge in [0.2, 0.25) is 0 Å². The van der Waals surface area contributed by atoms with E-state index in [0.29, 0.717) is 17.2 Å². The second kappa shape index (κ2) is 5.97. The SMILES string of the molecule is N#Cc1ccc(NC2CCOC3(CCSC3)C2)cc1C#N. The number of rotatable bonds is 2. The van der Waals surface area contributed by atoms with Crippen molar-refractivity contribution >= 4 is 17.4 Å². The molecule has 1 spiro atoms. The maximum Gasteiger partial charge on any atom is 0.101 e. The van der Waals surface area contributed by atoms with Gasteiger partial charge in [-0.1, -0.05) is 0 Å². The van der Waals surface area contributed by atoms with Crippen molar-refractivity contribution in [1.82, 2.24) is 0 Å². The number of hydrogen-bond donors (Lipinski definition) is 1. The first-order valence-corrected chi connectivity index (χ1v) is 8.33. The van der Waals surface area contributed by atoms with Crippen LogP contribution in [0, 0.1) is 22.7 Å². The Kier molecular flexibility index (Phi) is 4.05. The van der Waals surface area contributed by atoms with Crippen LogP contribution in [0.2, 0.25) is 0 Å². The topological polar surface area (TPSA) is 68.8 Å². The zero-order valence-corrected chi connectivity index (χ0v) is 12.6. The van der Waals surface area contributed by atoms with Crippen LogP contribution in [0.15, 0.2) is 18.2 Å². The third-order valence-electron chi connectivity index (χ3n) is 4.19. The summed E-state index contributed by atoms with van der Waals surface area (Å²) in [4.78, 5) is 0. The lowest BCUT2D eigenvalue weighted by Crippen LogP contribution is -2.44. The zero-order valence-electron chi connectivity index (χ0n) is 11.8. The van der Waals surface area contributed by atoms with Crippen LogP contribution in [0.3, 0.4) is 0 Å². The fraction of sp³-hybridized carbons (Fsp3) is 0.500. The summed E-state index contributed by atoms with van der Waals surface area (Å²) in [7, 11) is 0. The van der Waals surface area contributed by atoms with Gasteiger partial charge in [0.05, 0.1) is 16.7 Å². The lowest BCUT2D eigenvalue weighted by molar-refractivity contribution is -0.0628. The molecule has 108 valence electrons. The van der Waals surface area contributed by atoms with E-state index >= 15 is 0 Å². The fourth-order valence-corrected chi connectivity index (χ4v) is 4.45. The predicted molar refractivity (Wildman–Crippen MR) is 83.1 cm³/mol. The van der Waals surface area contributed by atoms with E-state index < -0.39 is 0 Å². The Labute approximate surface area is 129 Å². The van der Waals surface area contributed by atoms with E-state index in [1.165, 1.54) is 5.75 Å². The Morgan fingerprint density at radius 3 is 2.86 bits per heavy atom. The second-order valence-corrected chi connectivity index (χ2v) is 6.76. The minimum absolute atomic E-state index is 0.0469. The van der Waals surface area contributed by atoms with Crippen molar-refractivity contribution in [2.24, 2.45) is 0 Å². The molecule has 5 heteroatoms. The van der Waals surface area contributed by atoms with Crippen molar-refractivity contribution in [3.63, 3.8) is 0 Å². The van der Waals surface area contributed by atoms with Gasteiger partial charge in [0, 0.05) is 24.1 Å². The number of ether oxygens (including phenoxy) is 1. The van der Waals surface area contributed by atoms with Crippen LogP contribution in [0.4, 0.5) is 5.69 Å². The van der Waals surface area contributed by atoms with E-state index in [1.807, 2.05) is 23.9 Å². The van der Waals surface area contributed by atoms with Crippen LogP contribution in [0.25, 0.3) is 0 Å². The average Bonchev–Trinajstić information content (AvgIpc) is 2.95. The Morgan fingerprint density at radius 1 is 1.29 bits per heavy atom. The molecule has 0 radical (unpaired) electrons. The summed E-state index contributed by atoms with van der Waals surface area (Å²) >= 11 is 1.97. The third-order valence-corrected chi connectivity index (χ3v) is 5.41. The van der Waals surface area contributed by atoms with Crippen molar-refractivity contribution in [2.45, 2.75) is 30.9 Å². The molecular formula is C16H17N3OS. The molecular weight excluding hydrogens is 282 g/mol. The first-order chi connectivity index (χ1) is 10.2. The molecule has 2 aliphatic heterocycles. The summed E-state index contributed by atoms with van der Waals surface area (Å²) in [5.74, 6) is 2.27. The molecule has 2 aliphatic rings. The summed E-state index contributed by atoms with van der Waals surface area (Å²) < 4.78 is 6.02. The molecule has 2 atom stereocenters. The van der Waals surface area contributed by atoms with Crippen molar-refractivity contribution in [1.29, 1.82) is 10.5 Å². The van der Waals surface area contributed by atoms with Crippen LogP contribution < -0.4 is 5.32 Å². The van der Waals surface area contributed by atoms with E-state index in [9.17, 15) is 0 Å². The largest absolute Gasteiger partial charge is 0.382 e. The van der Waals surface area contributed by atoms with Crippen LogP contribution in [-0.2, 0) is 4.74 Å². The minimum atomic E-state index is 0.0469. The van der Waals surface area contributed by atoms with Gasteiger partial charge in [-0.05, 0) is 43.2 Å². The van der Waals surface area contributed by atoms with Crippen molar-refractivity contribution < 1.29 is 4.74 Å². The quantitative estimate of drug-likeness (QED) is 0.909. The standard InChI is InChI=1S/C16H17N3OS/c17-9-12-1-2-14(7-13(12)10-18)19-15-3-5-20-16(8-15)4-6-21-11-16/h1-2,7,15,19H,3-6,8,11H2. The molecule has 2 unspecified atom stereocenters. The van der Waals surface area contributed by atoms with E-state index in [1.54, 1.807) is 12.1 Å². The Morgan fingerprint density at radius 2 is 2.14 bits per heavy atom. The predicted octanol–water partition coefficient (Wildman–Crippen LogP) is 2.90. The Balaban J connectivity index is 1.72. The first-order valence-electron chi connectivity index (χ1n) is 7.17. The molecule has 1 aromatic rings. The van der Waals surface area contributed by atoms with Crippen LogP contribution in [0.5, 0.6) is 0 Å². The number of anilines is 1. The summed E-state index contributed by atoms with van der Waals surface area (Å²) in [6.45, 7) is 0.791. The van der Waals surface area contributed by atoms with Gasteiger partial charge >= 0.3 is 0 Å². The Hall–Kier alpha value is -1.69. The molecule has 2 saturated heterocycles. The van der Waals surface area contributed by atoms with Gasteiger partial charge in [0.1, 0.15) is 12.1 Å². The zero-order chi connectivity index (χ0) is 14.7. The smallest absolute Gasteiger partial charge is 0.101 e. The van der Waals surface area contributed by atoms with Gasteiger partial charge in [0.25, 0.3) is 0 Å². The molecule has 1 aromatic carbocycles. The monoisotopic (exact) mass is 299 g/mol. The maximum absolute atomic E-state index is 9.10. The molecule has 3 rings (SSSR count). The molecule has 4 nitrogen and oxygen atoms in total. The summed E-state index contributed by atoms with van der Waals surface area (Å²) in [6, 6.07) is 9.86. The lowest BCUT2D eigenvalue weighted by atomic mass is 9.89. The van der Waals surface area contributed by atoms with Crippen LogP contribution >= 0.6 is 11.8 Å². The molecule has 0 aromatic heterocycles. The Bertz CT molecular complexity index is 611. The lowest BCUT2D eigenvalue weighted by Gasteiger charge is -2.38. The number of benzene rings is 1. The minimum Gasteiger partial charge on any atom is -0.382 e. The molecule has 0 aliphatic carbocycles. The molecule has 0 saturated carbocycles.